The van der Waals surface area contributed by atoms with Gasteiger partial charge in [-0.15, -0.1) is 0 Å². The summed E-state index contributed by atoms with van der Waals surface area (Å²) in [5, 5.41) is 0. The van der Waals surface area contributed by atoms with Crippen molar-refractivity contribution in [3.63, 3.8) is 0 Å². The molecule has 4 heteroatoms. The first-order valence-electron chi connectivity index (χ1n) is 7.00. The van der Waals surface area contributed by atoms with Crippen LogP contribution in [0.3, 0.4) is 0 Å². The smallest absolute Gasteiger partial charge is 0.139 e. The number of nitrogens with zero attached hydrogens (tertiary/aromatic N) is 1. The van der Waals surface area contributed by atoms with Crippen LogP contribution in [0.1, 0.15) is 39.5 Å². The largest absolute Gasteiger partial charge is 0.397 e. The molecule has 1 aliphatic carbocycles. The molecule has 2 rings (SSSR count). The van der Waals surface area contributed by atoms with Crippen molar-refractivity contribution in [2.24, 2.45) is 5.92 Å². The predicted molar refractivity (Wildman–Crippen MR) is 83.0 cm³/mol. The highest BCUT2D eigenvalue weighted by Gasteiger charge is 2.25. The molecule has 1 aliphatic rings. The Hall–Kier alpha value is -0.770. The monoisotopic (exact) mass is 328 g/mol. The summed E-state index contributed by atoms with van der Waals surface area (Å²) in [6, 6.07) is 3.75. The molecule has 2 N–H and O–H groups in total. The van der Waals surface area contributed by atoms with E-state index in [1.165, 1.54) is 25.7 Å². The average molecular weight is 329 g/mol. The van der Waals surface area contributed by atoms with E-state index in [0.29, 0.717) is 22.1 Å². The molecule has 2 nitrogen and oxygen atoms in total. The molecule has 0 heterocycles. The van der Waals surface area contributed by atoms with Gasteiger partial charge < -0.3 is 10.6 Å². The molecule has 0 aromatic heterocycles. The summed E-state index contributed by atoms with van der Waals surface area (Å²) in [6.45, 7) is 5.30. The second kappa shape index (κ2) is 6.12. The minimum absolute atomic E-state index is 0.240. The molecule has 0 amide bonds. The van der Waals surface area contributed by atoms with Crippen molar-refractivity contribution in [3.05, 3.63) is 22.4 Å². The number of hydrogen-bond donors (Lipinski definition) is 1. The van der Waals surface area contributed by atoms with Crippen LogP contribution < -0.4 is 10.6 Å². The molecule has 0 unspecified atom stereocenters. The fraction of sp³-hybridized carbons (Fsp3) is 0.600. The van der Waals surface area contributed by atoms with Gasteiger partial charge in [-0.25, -0.2) is 4.39 Å². The molecule has 0 saturated heterocycles. The Balaban J connectivity index is 2.33. The summed E-state index contributed by atoms with van der Waals surface area (Å²) < 4.78 is 14.2. The number of benzene rings is 1. The maximum Gasteiger partial charge on any atom is 0.139 e. The van der Waals surface area contributed by atoms with Gasteiger partial charge in [0.1, 0.15) is 5.82 Å². The van der Waals surface area contributed by atoms with Gasteiger partial charge in [-0.1, -0.05) is 26.7 Å². The first-order valence-corrected chi connectivity index (χ1v) is 7.79. The Morgan fingerprint density at radius 3 is 2.58 bits per heavy atom. The van der Waals surface area contributed by atoms with E-state index in [1.54, 1.807) is 12.1 Å². The van der Waals surface area contributed by atoms with Crippen molar-refractivity contribution < 1.29 is 4.39 Å². The molecule has 106 valence electrons. The fourth-order valence-electron chi connectivity index (χ4n) is 2.85. The molecule has 1 aromatic rings. The Bertz CT molecular complexity index is 442. The lowest BCUT2D eigenvalue weighted by Gasteiger charge is -2.33. The zero-order valence-electron chi connectivity index (χ0n) is 11.6. The zero-order valence-corrected chi connectivity index (χ0v) is 13.2. The van der Waals surface area contributed by atoms with E-state index >= 15 is 0 Å². The van der Waals surface area contributed by atoms with Crippen LogP contribution in [0.25, 0.3) is 0 Å². The zero-order chi connectivity index (χ0) is 14.0. The Morgan fingerprint density at radius 2 is 2.00 bits per heavy atom. The lowest BCUT2D eigenvalue weighted by Crippen LogP contribution is -2.36. The van der Waals surface area contributed by atoms with Crippen LogP contribution in [-0.2, 0) is 0 Å². The van der Waals surface area contributed by atoms with Gasteiger partial charge in [0.15, 0.2) is 0 Å². The Labute approximate surface area is 123 Å². The van der Waals surface area contributed by atoms with Crippen molar-refractivity contribution in [2.45, 2.75) is 45.6 Å². The molecule has 0 atom stereocenters. The highest BCUT2D eigenvalue weighted by Crippen LogP contribution is 2.35. The van der Waals surface area contributed by atoms with Crippen molar-refractivity contribution in [1.82, 2.24) is 0 Å². The quantitative estimate of drug-likeness (QED) is 0.820. The summed E-state index contributed by atoms with van der Waals surface area (Å²) in [7, 11) is 0. The number of rotatable bonds is 4. The fourth-order valence-corrected chi connectivity index (χ4v) is 3.21. The van der Waals surface area contributed by atoms with Crippen LogP contribution in [0.2, 0.25) is 0 Å². The number of anilines is 2. The van der Waals surface area contributed by atoms with E-state index in [2.05, 4.69) is 34.7 Å². The number of hydrogen-bond acceptors (Lipinski definition) is 2. The first kappa shape index (κ1) is 14.6. The summed E-state index contributed by atoms with van der Waals surface area (Å²) in [6.07, 6.45) is 4.89. The molecule has 0 aliphatic heterocycles. The first-order chi connectivity index (χ1) is 8.99. The maximum atomic E-state index is 13.8. The summed E-state index contributed by atoms with van der Waals surface area (Å²) in [5.41, 5.74) is 7.60. The van der Waals surface area contributed by atoms with Gasteiger partial charge in [-0.3, -0.25) is 0 Å². The van der Waals surface area contributed by atoms with Crippen molar-refractivity contribution in [1.29, 1.82) is 0 Å². The summed E-state index contributed by atoms with van der Waals surface area (Å²) >= 11 is 3.19. The normalized spacial score (nSPS) is 16.3. The van der Waals surface area contributed by atoms with Crippen molar-refractivity contribution in [3.8, 4) is 0 Å². The van der Waals surface area contributed by atoms with Crippen molar-refractivity contribution >= 4 is 27.3 Å². The van der Waals surface area contributed by atoms with Crippen LogP contribution in [0, 0.1) is 11.7 Å². The molecular weight excluding hydrogens is 307 g/mol. The summed E-state index contributed by atoms with van der Waals surface area (Å²) in [5.74, 6) is 0.294. The SMILES string of the molecule is CC(C)CN(c1cc(F)c(Br)cc1N)C1CCCC1. The van der Waals surface area contributed by atoms with E-state index in [0.717, 1.165) is 12.2 Å². The molecule has 1 saturated carbocycles. The number of halogens is 2. The third kappa shape index (κ3) is 3.41. The maximum absolute atomic E-state index is 13.8. The summed E-state index contributed by atoms with van der Waals surface area (Å²) in [4.78, 5) is 2.31. The second-order valence-corrected chi connectivity index (χ2v) is 6.66. The van der Waals surface area contributed by atoms with Gasteiger partial charge in [0.25, 0.3) is 0 Å². The minimum Gasteiger partial charge on any atom is -0.397 e. The van der Waals surface area contributed by atoms with Crippen LogP contribution in [0.5, 0.6) is 0 Å². The van der Waals surface area contributed by atoms with E-state index in [1.807, 2.05) is 0 Å². The van der Waals surface area contributed by atoms with E-state index in [-0.39, 0.29) is 5.82 Å². The third-order valence-corrected chi connectivity index (χ3v) is 4.31. The van der Waals surface area contributed by atoms with Crippen LogP contribution in [0.4, 0.5) is 15.8 Å². The predicted octanol–water partition coefficient (Wildman–Crippen LogP) is 4.58. The van der Waals surface area contributed by atoms with Crippen LogP contribution in [-0.4, -0.2) is 12.6 Å². The highest BCUT2D eigenvalue weighted by molar-refractivity contribution is 9.10. The molecule has 19 heavy (non-hydrogen) atoms. The van der Waals surface area contributed by atoms with Crippen LogP contribution >= 0.6 is 15.9 Å². The highest BCUT2D eigenvalue weighted by atomic mass is 79.9. The third-order valence-electron chi connectivity index (χ3n) is 3.71. The van der Waals surface area contributed by atoms with E-state index in [9.17, 15) is 4.39 Å². The molecular formula is C15H22BrFN2. The molecule has 1 fully saturated rings. The van der Waals surface area contributed by atoms with E-state index in [4.69, 9.17) is 5.73 Å². The van der Waals surface area contributed by atoms with Gasteiger partial charge in [-0.05, 0) is 40.8 Å². The van der Waals surface area contributed by atoms with Gasteiger partial charge in [-0.2, -0.15) is 0 Å². The topological polar surface area (TPSA) is 29.3 Å². The van der Waals surface area contributed by atoms with Gasteiger partial charge >= 0.3 is 0 Å². The molecule has 0 spiro atoms. The Kier molecular flexibility index (Phi) is 4.71. The molecule has 1 aromatic carbocycles. The Morgan fingerprint density at radius 1 is 1.37 bits per heavy atom. The van der Waals surface area contributed by atoms with Gasteiger partial charge in [0, 0.05) is 18.7 Å². The lowest BCUT2D eigenvalue weighted by atomic mass is 10.1. The standard InChI is InChI=1S/C15H22BrFN2/c1-10(2)9-19(11-5-3-4-6-11)15-8-13(17)12(16)7-14(15)18/h7-8,10-11H,3-6,9,18H2,1-2H3. The molecule has 0 bridgehead atoms. The average Bonchev–Trinajstić information content (AvgIpc) is 2.84. The van der Waals surface area contributed by atoms with Gasteiger partial charge in [0.2, 0.25) is 0 Å². The molecule has 0 radical (unpaired) electrons. The van der Waals surface area contributed by atoms with Crippen LogP contribution in [0.15, 0.2) is 16.6 Å². The second-order valence-electron chi connectivity index (χ2n) is 5.81. The minimum atomic E-state index is -0.240. The number of nitrogen functional groups attached to an aromatic ring is 1. The lowest BCUT2D eigenvalue weighted by molar-refractivity contribution is 0.534. The number of nitrogens with two attached hydrogens (primary N) is 1. The van der Waals surface area contributed by atoms with Crippen molar-refractivity contribution in [2.75, 3.05) is 17.2 Å². The van der Waals surface area contributed by atoms with E-state index < -0.39 is 0 Å². The van der Waals surface area contributed by atoms with Gasteiger partial charge in [0.05, 0.1) is 15.8 Å².